The fraction of sp³-hybridized carbons (Fsp3) is 0.692. The summed E-state index contributed by atoms with van der Waals surface area (Å²) in [6, 6.07) is 6.61. The van der Waals surface area contributed by atoms with Crippen molar-refractivity contribution in [3.05, 3.63) is 29.5 Å². The quantitative estimate of drug-likeness (QED) is 0.343. The molecule has 1 aromatic heterocycles. The summed E-state index contributed by atoms with van der Waals surface area (Å²) in [5, 5.41) is 0. The number of unbranched alkanes of at least 4 members (excludes halogenated alkanes) is 4. The Morgan fingerprint density at radius 2 is 1.55 bits per heavy atom. The first kappa shape index (κ1) is 23.6. The van der Waals surface area contributed by atoms with E-state index in [0.29, 0.717) is 5.88 Å². The molecule has 162 valence electrons. The van der Waals surface area contributed by atoms with Gasteiger partial charge in [-0.25, -0.2) is 9.97 Å². The number of hydrogen-bond donors (Lipinski definition) is 0. The van der Waals surface area contributed by atoms with Crippen molar-refractivity contribution >= 4 is 11.0 Å². The van der Waals surface area contributed by atoms with Crippen molar-refractivity contribution in [1.29, 1.82) is 0 Å². The summed E-state index contributed by atoms with van der Waals surface area (Å²) in [6.45, 7) is 13.7. The zero-order valence-electron chi connectivity index (χ0n) is 19.9. The molecule has 0 bridgehead atoms. The molecule has 1 heterocycles. The summed E-state index contributed by atoms with van der Waals surface area (Å²) in [4.78, 5) is 10.0. The molecular weight excluding hydrogens is 356 g/mol. The van der Waals surface area contributed by atoms with E-state index in [4.69, 9.17) is 14.7 Å². The highest BCUT2D eigenvalue weighted by Gasteiger charge is 2.31. The third-order valence-corrected chi connectivity index (χ3v) is 6.70. The number of nitrogens with zero attached hydrogens (tertiary/aromatic N) is 2. The number of methoxy groups -OCH3 is 1. The summed E-state index contributed by atoms with van der Waals surface area (Å²) in [5.74, 6) is 0.695. The zero-order chi connectivity index (χ0) is 21.5. The van der Waals surface area contributed by atoms with Gasteiger partial charge in [-0.3, -0.25) is 0 Å². The van der Waals surface area contributed by atoms with E-state index in [9.17, 15) is 0 Å². The third-order valence-electron chi connectivity index (χ3n) is 6.70. The van der Waals surface area contributed by atoms with Crippen LogP contribution in [-0.2, 0) is 10.8 Å². The first-order chi connectivity index (χ1) is 13.8. The molecule has 0 fully saturated rings. The lowest BCUT2D eigenvalue weighted by Crippen LogP contribution is -2.24. The van der Waals surface area contributed by atoms with Gasteiger partial charge in [0.05, 0.1) is 18.1 Å². The minimum atomic E-state index is -0.000652. The van der Waals surface area contributed by atoms with Gasteiger partial charge in [0.1, 0.15) is 5.69 Å². The van der Waals surface area contributed by atoms with Crippen LogP contribution in [0, 0.1) is 0 Å². The summed E-state index contributed by atoms with van der Waals surface area (Å²) in [5.41, 5.74) is 4.42. The monoisotopic (exact) mass is 398 g/mol. The minimum absolute atomic E-state index is 0.000652. The van der Waals surface area contributed by atoms with Crippen LogP contribution in [-0.4, -0.2) is 17.1 Å². The lowest BCUT2D eigenvalue weighted by atomic mass is 9.78. The van der Waals surface area contributed by atoms with Gasteiger partial charge in [0.2, 0.25) is 5.88 Å². The summed E-state index contributed by atoms with van der Waals surface area (Å²) >= 11 is 0. The average molecular weight is 399 g/mol. The number of rotatable bonds is 12. The van der Waals surface area contributed by atoms with Gasteiger partial charge in [0, 0.05) is 5.41 Å². The Bertz CT molecular complexity index is 784. The van der Waals surface area contributed by atoms with Gasteiger partial charge in [-0.1, -0.05) is 86.1 Å². The highest BCUT2D eigenvalue weighted by Crippen LogP contribution is 2.38. The van der Waals surface area contributed by atoms with E-state index < -0.39 is 0 Å². The molecule has 0 spiro atoms. The maximum absolute atomic E-state index is 5.75. The number of ether oxygens (including phenoxy) is 1. The molecule has 0 N–H and O–H groups in total. The first-order valence-electron chi connectivity index (χ1n) is 11.7. The maximum Gasteiger partial charge on any atom is 0.236 e. The van der Waals surface area contributed by atoms with Gasteiger partial charge in [0.25, 0.3) is 0 Å². The van der Waals surface area contributed by atoms with Crippen LogP contribution in [0.15, 0.2) is 18.2 Å². The molecule has 0 saturated carbocycles. The van der Waals surface area contributed by atoms with E-state index >= 15 is 0 Å². The highest BCUT2D eigenvalue weighted by molar-refractivity contribution is 5.76. The van der Waals surface area contributed by atoms with Crippen molar-refractivity contribution < 1.29 is 4.74 Å². The Hall–Kier alpha value is -1.64. The number of hydrogen-bond acceptors (Lipinski definition) is 3. The van der Waals surface area contributed by atoms with Crippen molar-refractivity contribution in [2.24, 2.45) is 0 Å². The Kier molecular flexibility index (Phi) is 8.48. The van der Waals surface area contributed by atoms with Crippen LogP contribution >= 0.6 is 0 Å². The lowest BCUT2D eigenvalue weighted by molar-refractivity contribution is 0.339. The van der Waals surface area contributed by atoms with Crippen LogP contribution in [0.1, 0.15) is 111 Å². The van der Waals surface area contributed by atoms with Crippen molar-refractivity contribution in [1.82, 2.24) is 9.97 Å². The predicted molar refractivity (Wildman–Crippen MR) is 125 cm³/mol. The van der Waals surface area contributed by atoms with Crippen molar-refractivity contribution in [2.75, 3.05) is 7.11 Å². The van der Waals surface area contributed by atoms with Gasteiger partial charge < -0.3 is 4.74 Å². The SMILES string of the molecule is CCCCCCC(C)(CC)c1nc2ccc(C(C)(C)CCCC)cc2nc1OC. The van der Waals surface area contributed by atoms with Gasteiger partial charge in [0.15, 0.2) is 0 Å². The minimum Gasteiger partial charge on any atom is -0.480 e. The molecule has 0 aliphatic carbocycles. The summed E-state index contributed by atoms with van der Waals surface area (Å²) in [7, 11) is 1.72. The van der Waals surface area contributed by atoms with Gasteiger partial charge in [-0.15, -0.1) is 0 Å². The zero-order valence-corrected chi connectivity index (χ0v) is 19.9. The van der Waals surface area contributed by atoms with Crippen LogP contribution in [0.25, 0.3) is 11.0 Å². The normalized spacial score (nSPS) is 14.2. The van der Waals surface area contributed by atoms with Crippen molar-refractivity contribution in [2.45, 2.75) is 110 Å². The Morgan fingerprint density at radius 3 is 2.17 bits per heavy atom. The molecule has 2 aromatic rings. The second-order valence-corrected chi connectivity index (χ2v) is 9.50. The van der Waals surface area contributed by atoms with Gasteiger partial charge >= 0.3 is 0 Å². The van der Waals surface area contributed by atoms with E-state index in [0.717, 1.165) is 29.6 Å². The maximum atomic E-state index is 5.75. The largest absolute Gasteiger partial charge is 0.480 e. The molecule has 1 unspecified atom stereocenters. The molecule has 29 heavy (non-hydrogen) atoms. The predicted octanol–water partition coefficient (Wildman–Crippen LogP) is 7.74. The molecule has 0 aliphatic heterocycles. The second-order valence-electron chi connectivity index (χ2n) is 9.50. The Labute approximate surface area is 178 Å². The van der Waals surface area contributed by atoms with Crippen LogP contribution < -0.4 is 4.74 Å². The molecule has 0 amide bonds. The molecule has 1 aromatic carbocycles. The van der Waals surface area contributed by atoms with Gasteiger partial charge in [-0.2, -0.15) is 0 Å². The van der Waals surface area contributed by atoms with E-state index in [1.54, 1.807) is 7.11 Å². The molecule has 1 atom stereocenters. The van der Waals surface area contributed by atoms with Crippen LogP contribution in [0.2, 0.25) is 0 Å². The summed E-state index contributed by atoms with van der Waals surface area (Å²) < 4.78 is 5.75. The third kappa shape index (κ3) is 5.71. The summed E-state index contributed by atoms with van der Waals surface area (Å²) in [6.07, 6.45) is 10.9. The Balaban J connectivity index is 2.41. The fourth-order valence-corrected chi connectivity index (χ4v) is 4.16. The smallest absolute Gasteiger partial charge is 0.236 e. The molecule has 0 aliphatic rings. The van der Waals surface area contributed by atoms with Gasteiger partial charge in [-0.05, 0) is 42.4 Å². The van der Waals surface area contributed by atoms with Crippen molar-refractivity contribution in [3.63, 3.8) is 0 Å². The van der Waals surface area contributed by atoms with Crippen molar-refractivity contribution in [3.8, 4) is 5.88 Å². The molecule has 0 saturated heterocycles. The fourth-order valence-electron chi connectivity index (χ4n) is 4.16. The molecule has 2 rings (SSSR count). The van der Waals surface area contributed by atoms with E-state index in [1.807, 2.05) is 0 Å². The second kappa shape index (κ2) is 10.4. The van der Waals surface area contributed by atoms with Crippen LogP contribution in [0.4, 0.5) is 0 Å². The molecule has 3 heteroatoms. The van der Waals surface area contributed by atoms with Crippen LogP contribution in [0.5, 0.6) is 5.88 Å². The van der Waals surface area contributed by atoms with E-state index in [2.05, 4.69) is 59.7 Å². The van der Waals surface area contributed by atoms with E-state index in [-0.39, 0.29) is 10.8 Å². The number of aromatic nitrogens is 2. The Morgan fingerprint density at radius 1 is 0.828 bits per heavy atom. The van der Waals surface area contributed by atoms with Crippen LogP contribution in [0.3, 0.4) is 0 Å². The molecular formula is C26H42N2O. The number of benzene rings is 1. The topological polar surface area (TPSA) is 35.0 Å². The van der Waals surface area contributed by atoms with E-state index in [1.165, 1.54) is 50.5 Å². The molecule has 3 nitrogen and oxygen atoms in total. The average Bonchev–Trinajstić information content (AvgIpc) is 2.73. The first-order valence-corrected chi connectivity index (χ1v) is 11.7. The highest BCUT2D eigenvalue weighted by atomic mass is 16.5. The lowest BCUT2D eigenvalue weighted by Gasteiger charge is -2.29. The number of fused-ring (bicyclic) bond motifs is 1. The standard InChI is InChI=1S/C26H42N2O/c1-8-11-13-14-18-26(6,10-3)23-24(29-7)28-22-19-20(15-16-21(22)27-23)25(4,5)17-12-9-2/h15-16,19H,8-14,17-18H2,1-7H3. The molecule has 0 radical (unpaired) electrons.